The Balaban J connectivity index is 2.23. The van der Waals surface area contributed by atoms with E-state index in [-0.39, 0.29) is 5.84 Å². The summed E-state index contributed by atoms with van der Waals surface area (Å²) in [6, 6.07) is 7.64. The zero-order valence-corrected chi connectivity index (χ0v) is 11.0. The number of rotatable bonds is 3. The first kappa shape index (κ1) is 12.4. The maximum atomic E-state index is 8.90. The highest BCUT2D eigenvalue weighted by molar-refractivity contribution is 7.99. The van der Waals surface area contributed by atoms with Crippen LogP contribution < -0.4 is 5.73 Å². The topological polar surface area (TPSA) is 113 Å². The zero-order valence-electron chi connectivity index (χ0n) is 10.2. The van der Waals surface area contributed by atoms with Gasteiger partial charge in [-0.25, -0.2) is 4.98 Å². The molecule has 2 aromatic heterocycles. The van der Waals surface area contributed by atoms with Gasteiger partial charge in [0.15, 0.2) is 11.0 Å². The van der Waals surface area contributed by atoms with Crippen LogP contribution in [0, 0.1) is 0 Å². The molecule has 3 rings (SSSR count). The molecular formula is C12H10N6OS. The van der Waals surface area contributed by atoms with Gasteiger partial charge in [0.1, 0.15) is 6.33 Å². The third kappa shape index (κ3) is 2.16. The van der Waals surface area contributed by atoms with E-state index >= 15 is 0 Å². The number of fused-ring (bicyclic) bond motifs is 1. The molecule has 2 heterocycles. The maximum absolute atomic E-state index is 8.90. The van der Waals surface area contributed by atoms with Crippen molar-refractivity contribution in [2.45, 2.75) is 10.1 Å². The normalized spacial score (nSPS) is 11.9. The number of amidine groups is 1. The van der Waals surface area contributed by atoms with Crippen LogP contribution in [0.15, 0.2) is 52.0 Å². The Morgan fingerprint density at radius 3 is 2.90 bits per heavy atom. The van der Waals surface area contributed by atoms with Crippen LogP contribution in [0.1, 0.15) is 5.56 Å². The van der Waals surface area contributed by atoms with Gasteiger partial charge in [-0.2, -0.15) is 5.10 Å². The Hall–Kier alpha value is -2.61. The van der Waals surface area contributed by atoms with Crippen molar-refractivity contribution in [2.24, 2.45) is 10.9 Å². The predicted octanol–water partition coefficient (Wildman–Crippen LogP) is 1.60. The smallest absolute Gasteiger partial charge is 0.188 e. The molecular weight excluding hydrogens is 276 g/mol. The second-order valence-corrected chi connectivity index (χ2v) is 4.90. The highest BCUT2D eigenvalue weighted by Crippen LogP contribution is 2.33. The van der Waals surface area contributed by atoms with Gasteiger partial charge >= 0.3 is 0 Å². The summed E-state index contributed by atoms with van der Waals surface area (Å²) >= 11 is 1.35. The third-order valence-electron chi connectivity index (χ3n) is 2.70. The van der Waals surface area contributed by atoms with Crippen LogP contribution >= 0.6 is 11.8 Å². The van der Waals surface area contributed by atoms with Gasteiger partial charge in [0.05, 0.1) is 11.1 Å². The molecule has 4 N–H and O–H groups in total. The molecule has 0 unspecified atom stereocenters. The Kier molecular flexibility index (Phi) is 3.21. The minimum absolute atomic E-state index is 0.00488. The molecule has 0 amide bonds. The van der Waals surface area contributed by atoms with E-state index in [9.17, 15) is 0 Å². The van der Waals surface area contributed by atoms with Gasteiger partial charge in [0.25, 0.3) is 0 Å². The summed E-state index contributed by atoms with van der Waals surface area (Å²) < 4.78 is 0. The number of para-hydroxylation sites is 1. The van der Waals surface area contributed by atoms with Gasteiger partial charge in [-0.05, 0) is 17.8 Å². The van der Waals surface area contributed by atoms with Crippen LogP contribution in [0.4, 0.5) is 0 Å². The summed E-state index contributed by atoms with van der Waals surface area (Å²) in [5.74, 6) is 0.00488. The van der Waals surface area contributed by atoms with Gasteiger partial charge in [0, 0.05) is 16.5 Å². The average molecular weight is 286 g/mol. The van der Waals surface area contributed by atoms with Gasteiger partial charge in [-0.15, -0.1) is 0 Å². The van der Waals surface area contributed by atoms with Crippen LogP contribution in [-0.2, 0) is 0 Å². The molecule has 7 nitrogen and oxygen atoms in total. The zero-order chi connectivity index (χ0) is 13.9. The molecule has 20 heavy (non-hydrogen) atoms. The summed E-state index contributed by atoms with van der Waals surface area (Å²) in [5, 5.41) is 20.1. The number of nitrogens with zero attached hydrogens (tertiary/aromatic N) is 4. The van der Waals surface area contributed by atoms with Gasteiger partial charge < -0.3 is 10.9 Å². The molecule has 0 saturated heterocycles. The molecule has 3 aromatic rings. The third-order valence-corrected chi connectivity index (χ3v) is 3.74. The van der Waals surface area contributed by atoms with E-state index in [1.807, 2.05) is 24.3 Å². The van der Waals surface area contributed by atoms with Crippen molar-refractivity contribution in [1.82, 2.24) is 20.2 Å². The Morgan fingerprint density at radius 2 is 2.15 bits per heavy atom. The number of hydrogen-bond acceptors (Lipinski definition) is 6. The number of pyridine rings is 1. The fraction of sp³-hybridized carbons (Fsp3) is 0. The van der Waals surface area contributed by atoms with Crippen LogP contribution in [0.2, 0.25) is 0 Å². The summed E-state index contributed by atoms with van der Waals surface area (Å²) in [6.45, 7) is 0. The molecule has 1 aromatic carbocycles. The molecule has 0 atom stereocenters. The first-order chi connectivity index (χ1) is 9.79. The van der Waals surface area contributed by atoms with Crippen LogP contribution in [0.25, 0.3) is 10.9 Å². The van der Waals surface area contributed by atoms with Gasteiger partial charge in [-0.3, -0.25) is 10.1 Å². The van der Waals surface area contributed by atoms with Crippen LogP contribution in [0.5, 0.6) is 0 Å². The van der Waals surface area contributed by atoms with Crippen molar-refractivity contribution in [3.63, 3.8) is 0 Å². The monoisotopic (exact) mass is 286 g/mol. The number of nitrogens with two attached hydrogens (primary N) is 1. The quantitative estimate of drug-likeness (QED) is 0.292. The largest absolute Gasteiger partial charge is 0.409 e. The number of aromatic nitrogens is 4. The minimum Gasteiger partial charge on any atom is -0.409 e. The molecule has 0 aliphatic rings. The van der Waals surface area contributed by atoms with E-state index in [4.69, 9.17) is 10.9 Å². The first-order valence-electron chi connectivity index (χ1n) is 5.68. The summed E-state index contributed by atoms with van der Waals surface area (Å²) in [4.78, 5) is 9.19. The van der Waals surface area contributed by atoms with Crippen molar-refractivity contribution < 1.29 is 5.21 Å². The van der Waals surface area contributed by atoms with Crippen LogP contribution in [0.3, 0.4) is 0 Å². The molecule has 0 radical (unpaired) electrons. The van der Waals surface area contributed by atoms with E-state index in [1.54, 1.807) is 6.20 Å². The van der Waals surface area contributed by atoms with E-state index in [1.165, 1.54) is 18.1 Å². The average Bonchev–Trinajstić information content (AvgIpc) is 3.00. The molecule has 0 spiro atoms. The van der Waals surface area contributed by atoms with Crippen molar-refractivity contribution in [2.75, 3.05) is 0 Å². The molecule has 100 valence electrons. The standard InChI is InChI=1S/C12H10N6OS/c13-11(18-19)8-5-14-9-4-2-1-3-7(9)10(8)20-12-15-6-16-17-12/h1-6,19H,(H2,13,18)(H,15,16,17). The fourth-order valence-electron chi connectivity index (χ4n) is 1.80. The highest BCUT2D eigenvalue weighted by atomic mass is 32.2. The van der Waals surface area contributed by atoms with Crippen LogP contribution in [-0.4, -0.2) is 31.2 Å². The van der Waals surface area contributed by atoms with Gasteiger partial charge in [0.2, 0.25) is 0 Å². The van der Waals surface area contributed by atoms with Gasteiger partial charge in [-0.1, -0.05) is 23.4 Å². The second kappa shape index (κ2) is 5.17. The number of aromatic amines is 1. The van der Waals surface area contributed by atoms with Crippen molar-refractivity contribution >= 4 is 28.5 Å². The summed E-state index contributed by atoms with van der Waals surface area (Å²) in [7, 11) is 0. The lowest BCUT2D eigenvalue weighted by Gasteiger charge is -2.09. The lowest BCUT2D eigenvalue weighted by Crippen LogP contribution is -2.15. The Bertz CT molecular complexity index is 771. The van der Waals surface area contributed by atoms with Crippen molar-refractivity contribution in [3.8, 4) is 0 Å². The first-order valence-corrected chi connectivity index (χ1v) is 6.50. The van der Waals surface area contributed by atoms with E-state index in [0.29, 0.717) is 10.7 Å². The minimum atomic E-state index is 0.00488. The highest BCUT2D eigenvalue weighted by Gasteiger charge is 2.14. The molecule has 0 saturated carbocycles. The number of hydrogen-bond donors (Lipinski definition) is 3. The van der Waals surface area contributed by atoms with E-state index in [0.717, 1.165) is 15.8 Å². The van der Waals surface area contributed by atoms with Crippen molar-refractivity contribution in [1.29, 1.82) is 0 Å². The second-order valence-electron chi connectivity index (χ2n) is 3.90. The van der Waals surface area contributed by atoms with E-state index in [2.05, 4.69) is 25.3 Å². The number of nitrogens with one attached hydrogen (secondary N) is 1. The molecule has 0 bridgehead atoms. The molecule has 0 aliphatic heterocycles. The Labute approximate surface area is 117 Å². The fourth-order valence-corrected chi connectivity index (χ4v) is 2.74. The van der Waals surface area contributed by atoms with E-state index < -0.39 is 0 Å². The number of oxime groups is 1. The summed E-state index contributed by atoms with van der Waals surface area (Å²) in [6.07, 6.45) is 3.00. The maximum Gasteiger partial charge on any atom is 0.188 e. The molecule has 0 aliphatic carbocycles. The lowest BCUT2D eigenvalue weighted by molar-refractivity contribution is 0.318. The predicted molar refractivity (Wildman–Crippen MR) is 74.8 cm³/mol. The number of benzene rings is 1. The molecule has 0 fully saturated rings. The lowest BCUT2D eigenvalue weighted by atomic mass is 10.1. The summed E-state index contributed by atoms with van der Waals surface area (Å²) in [5.41, 5.74) is 7.09. The van der Waals surface area contributed by atoms with Crippen molar-refractivity contribution in [3.05, 3.63) is 42.4 Å². The Morgan fingerprint density at radius 1 is 1.30 bits per heavy atom. The molecule has 8 heteroatoms. The SMILES string of the molecule is N/C(=N\O)c1cnc2ccccc2c1Sc1ncn[nH]1. The number of H-pyrrole nitrogens is 1.